The van der Waals surface area contributed by atoms with Crippen molar-refractivity contribution in [3.05, 3.63) is 64.7 Å². The van der Waals surface area contributed by atoms with Crippen LogP contribution in [0.15, 0.2) is 47.6 Å². The highest BCUT2D eigenvalue weighted by molar-refractivity contribution is 5.79. The Balaban J connectivity index is 1.48. The van der Waals surface area contributed by atoms with E-state index in [1.165, 1.54) is 16.7 Å². The molecule has 1 fully saturated rings. The minimum absolute atomic E-state index is 0.694. The van der Waals surface area contributed by atoms with Crippen molar-refractivity contribution in [2.75, 3.05) is 32.8 Å². The van der Waals surface area contributed by atoms with Crippen molar-refractivity contribution in [2.24, 2.45) is 5.10 Å². The number of aryl methyl sites for hydroxylation is 2. The van der Waals surface area contributed by atoms with Crippen LogP contribution >= 0.6 is 0 Å². The van der Waals surface area contributed by atoms with Gasteiger partial charge in [-0.05, 0) is 61.7 Å². The fourth-order valence-corrected chi connectivity index (χ4v) is 3.24. The van der Waals surface area contributed by atoms with Gasteiger partial charge in [0.05, 0.1) is 12.8 Å². The van der Waals surface area contributed by atoms with Gasteiger partial charge < -0.3 is 4.74 Å². The lowest BCUT2D eigenvalue weighted by Gasteiger charge is -2.33. The molecule has 0 saturated carbocycles. The molecule has 4 heteroatoms. The zero-order valence-electron chi connectivity index (χ0n) is 16.1. The third kappa shape index (κ3) is 5.09. The lowest BCUT2D eigenvalue weighted by Crippen LogP contribution is -2.43. The minimum Gasteiger partial charge on any atom is -0.494 e. The lowest BCUT2D eigenvalue weighted by atomic mass is 10.1. The number of benzene rings is 2. The summed E-state index contributed by atoms with van der Waals surface area (Å²) in [6.45, 7) is 12.1. The lowest BCUT2D eigenvalue weighted by molar-refractivity contribution is 0.131. The quantitative estimate of drug-likeness (QED) is 0.740. The fraction of sp³-hybridized carbons (Fsp3) is 0.409. The number of ether oxygens (including phenoxy) is 1. The average Bonchev–Trinajstić information content (AvgIpc) is 2.65. The molecule has 0 aromatic heterocycles. The molecule has 2 aromatic rings. The van der Waals surface area contributed by atoms with E-state index in [9.17, 15) is 0 Å². The van der Waals surface area contributed by atoms with Crippen LogP contribution < -0.4 is 4.74 Å². The molecule has 0 amide bonds. The second-order valence-electron chi connectivity index (χ2n) is 6.91. The largest absolute Gasteiger partial charge is 0.494 e. The monoisotopic (exact) mass is 351 g/mol. The van der Waals surface area contributed by atoms with Gasteiger partial charge >= 0.3 is 0 Å². The molecule has 1 aliphatic heterocycles. The summed E-state index contributed by atoms with van der Waals surface area (Å²) in [5, 5.41) is 6.80. The SMILES string of the molecule is CCOc1ccc(/C=N/N2CCN(Cc3ccc(C)cc3C)CC2)cc1. The van der Waals surface area contributed by atoms with E-state index in [0.717, 1.165) is 44.0 Å². The Bertz CT molecular complexity index is 732. The highest BCUT2D eigenvalue weighted by Gasteiger charge is 2.16. The van der Waals surface area contributed by atoms with E-state index in [1.54, 1.807) is 0 Å². The summed E-state index contributed by atoms with van der Waals surface area (Å²) in [6, 6.07) is 14.8. The van der Waals surface area contributed by atoms with E-state index in [2.05, 4.69) is 47.1 Å². The Morgan fingerprint density at radius 3 is 2.38 bits per heavy atom. The summed E-state index contributed by atoms with van der Waals surface area (Å²) in [6.07, 6.45) is 1.94. The number of hydrazone groups is 1. The van der Waals surface area contributed by atoms with Gasteiger partial charge in [-0.3, -0.25) is 9.91 Å². The van der Waals surface area contributed by atoms with Gasteiger partial charge in [-0.15, -0.1) is 0 Å². The number of hydrogen-bond acceptors (Lipinski definition) is 4. The Morgan fingerprint density at radius 2 is 1.73 bits per heavy atom. The van der Waals surface area contributed by atoms with Crippen LogP contribution in [0.25, 0.3) is 0 Å². The number of hydrogen-bond donors (Lipinski definition) is 0. The van der Waals surface area contributed by atoms with Gasteiger partial charge in [0.2, 0.25) is 0 Å². The summed E-state index contributed by atoms with van der Waals surface area (Å²) < 4.78 is 5.47. The molecule has 2 aromatic carbocycles. The predicted octanol–water partition coefficient (Wildman–Crippen LogP) is 3.85. The zero-order chi connectivity index (χ0) is 18.4. The first-order chi connectivity index (χ1) is 12.6. The van der Waals surface area contributed by atoms with Gasteiger partial charge in [-0.25, -0.2) is 0 Å². The molecule has 0 spiro atoms. The molecule has 3 rings (SSSR count). The number of nitrogens with zero attached hydrogens (tertiary/aromatic N) is 3. The maximum Gasteiger partial charge on any atom is 0.119 e. The molecule has 0 atom stereocenters. The van der Waals surface area contributed by atoms with Crippen LogP contribution in [0, 0.1) is 13.8 Å². The maximum atomic E-state index is 5.47. The van der Waals surface area contributed by atoms with E-state index in [0.29, 0.717) is 6.61 Å². The molecular formula is C22H29N3O. The molecule has 1 saturated heterocycles. The van der Waals surface area contributed by atoms with E-state index in [-0.39, 0.29) is 0 Å². The van der Waals surface area contributed by atoms with Crippen LogP contribution in [0.4, 0.5) is 0 Å². The number of piperazine rings is 1. The summed E-state index contributed by atoms with van der Waals surface area (Å²) in [4.78, 5) is 2.51. The highest BCUT2D eigenvalue weighted by atomic mass is 16.5. The van der Waals surface area contributed by atoms with Crippen LogP contribution in [0.1, 0.15) is 29.2 Å². The van der Waals surface area contributed by atoms with E-state index in [4.69, 9.17) is 4.74 Å². The van der Waals surface area contributed by atoms with Gasteiger partial charge in [0.25, 0.3) is 0 Å². The van der Waals surface area contributed by atoms with Crippen molar-refractivity contribution < 1.29 is 4.74 Å². The molecule has 0 N–H and O–H groups in total. The topological polar surface area (TPSA) is 28.1 Å². The van der Waals surface area contributed by atoms with Crippen molar-refractivity contribution in [1.82, 2.24) is 9.91 Å². The van der Waals surface area contributed by atoms with Crippen LogP contribution in [-0.4, -0.2) is 48.9 Å². The predicted molar refractivity (Wildman–Crippen MR) is 108 cm³/mol. The summed E-state index contributed by atoms with van der Waals surface area (Å²) in [5.74, 6) is 0.907. The molecular weight excluding hydrogens is 322 g/mol. The van der Waals surface area contributed by atoms with E-state index in [1.807, 2.05) is 37.4 Å². The molecule has 1 heterocycles. The molecule has 0 radical (unpaired) electrons. The Hall–Kier alpha value is -2.33. The van der Waals surface area contributed by atoms with Crippen molar-refractivity contribution in [1.29, 1.82) is 0 Å². The molecule has 4 nitrogen and oxygen atoms in total. The zero-order valence-corrected chi connectivity index (χ0v) is 16.1. The molecule has 138 valence electrons. The van der Waals surface area contributed by atoms with Crippen LogP contribution in [0.2, 0.25) is 0 Å². The highest BCUT2D eigenvalue weighted by Crippen LogP contribution is 2.15. The van der Waals surface area contributed by atoms with Crippen molar-refractivity contribution >= 4 is 6.21 Å². The van der Waals surface area contributed by atoms with Crippen LogP contribution in [-0.2, 0) is 6.54 Å². The van der Waals surface area contributed by atoms with Gasteiger partial charge in [0, 0.05) is 32.7 Å². The summed E-state index contributed by atoms with van der Waals surface area (Å²) in [5.41, 5.74) is 5.26. The van der Waals surface area contributed by atoms with Gasteiger partial charge in [-0.1, -0.05) is 23.8 Å². The Morgan fingerprint density at radius 1 is 1.00 bits per heavy atom. The molecule has 0 aliphatic carbocycles. The summed E-state index contributed by atoms with van der Waals surface area (Å²) >= 11 is 0. The van der Waals surface area contributed by atoms with E-state index < -0.39 is 0 Å². The maximum absolute atomic E-state index is 5.47. The minimum atomic E-state index is 0.694. The second kappa shape index (κ2) is 8.86. The normalized spacial score (nSPS) is 15.6. The van der Waals surface area contributed by atoms with Crippen molar-refractivity contribution in [3.63, 3.8) is 0 Å². The van der Waals surface area contributed by atoms with Crippen molar-refractivity contribution in [2.45, 2.75) is 27.3 Å². The molecule has 0 unspecified atom stereocenters. The van der Waals surface area contributed by atoms with Gasteiger partial charge in [0.1, 0.15) is 5.75 Å². The molecule has 1 aliphatic rings. The third-order valence-electron chi connectivity index (χ3n) is 4.80. The number of rotatable bonds is 6. The Kier molecular flexibility index (Phi) is 6.29. The third-order valence-corrected chi connectivity index (χ3v) is 4.80. The first kappa shape index (κ1) is 18.5. The fourth-order valence-electron chi connectivity index (χ4n) is 3.24. The van der Waals surface area contributed by atoms with E-state index >= 15 is 0 Å². The smallest absolute Gasteiger partial charge is 0.119 e. The van der Waals surface area contributed by atoms with Gasteiger partial charge in [0.15, 0.2) is 0 Å². The first-order valence-electron chi connectivity index (χ1n) is 9.44. The second-order valence-corrected chi connectivity index (χ2v) is 6.91. The molecule has 0 bridgehead atoms. The standard InChI is InChI=1S/C22H29N3O/c1-4-26-22-9-6-20(7-10-22)16-23-25-13-11-24(12-14-25)17-21-8-5-18(2)15-19(21)3/h5-10,15-16H,4,11-14,17H2,1-3H3/b23-16+. The van der Waals surface area contributed by atoms with Crippen LogP contribution in [0.5, 0.6) is 5.75 Å². The molecule has 26 heavy (non-hydrogen) atoms. The van der Waals surface area contributed by atoms with Gasteiger partial charge in [-0.2, -0.15) is 5.10 Å². The average molecular weight is 351 g/mol. The summed E-state index contributed by atoms with van der Waals surface area (Å²) in [7, 11) is 0. The van der Waals surface area contributed by atoms with Crippen molar-refractivity contribution in [3.8, 4) is 5.75 Å². The Labute approximate surface area is 157 Å². The first-order valence-corrected chi connectivity index (χ1v) is 9.44. The van der Waals surface area contributed by atoms with Crippen LogP contribution in [0.3, 0.4) is 0 Å².